The molecule has 1 aliphatic rings. The first kappa shape index (κ1) is 14.5. The van der Waals surface area contributed by atoms with Gasteiger partial charge >= 0.3 is 0 Å². The lowest BCUT2D eigenvalue weighted by molar-refractivity contribution is -0.507. The molecule has 0 unspecified atom stereocenters. The Hall–Kier alpha value is -0.530. The van der Waals surface area contributed by atoms with Crippen molar-refractivity contribution < 1.29 is 4.74 Å². The molecule has 0 aromatic heterocycles. The van der Waals surface area contributed by atoms with Gasteiger partial charge < -0.3 is 5.21 Å². The summed E-state index contributed by atoms with van der Waals surface area (Å²) >= 11 is 0. The van der Waals surface area contributed by atoms with Crippen LogP contribution >= 0.6 is 0 Å². The Morgan fingerprint density at radius 3 is 2.35 bits per heavy atom. The van der Waals surface area contributed by atoms with Crippen molar-refractivity contribution in [3.63, 3.8) is 0 Å². The summed E-state index contributed by atoms with van der Waals surface area (Å²) in [6.07, 6.45) is 13.5. The predicted octanol–water partition coefficient (Wildman–Crippen LogP) is 4.65. The predicted molar refractivity (Wildman–Crippen MR) is 74.6 cm³/mol. The largest absolute Gasteiger partial charge is 0.624 e. The third-order valence-corrected chi connectivity index (χ3v) is 3.92. The quantitative estimate of drug-likeness (QED) is 0.209. The van der Waals surface area contributed by atoms with E-state index in [-0.39, 0.29) is 0 Å². The standard InChI is InChI=1S/C15H29NO/c1-3-4-5-6-8-11-14(2)16(17)15-12-9-7-10-13-15/h15H,3-13H2,1-2H3/b16-14-. The maximum absolute atomic E-state index is 12.1. The molecule has 0 aromatic carbocycles. The van der Waals surface area contributed by atoms with Crippen LogP contribution in [-0.2, 0) is 0 Å². The molecule has 0 amide bonds. The van der Waals surface area contributed by atoms with Crippen molar-refractivity contribution in [2.75, 3.05) is 0 Å². The Bertz CT molecular complexity index is 229. The molecule has 0 aliphatic heterocycles. The van der Waals surface area contributed by atoms with Crippen molar-refractivity contribution in [2.45, 2.75) is 90.5 Å². The van der Waals surface area contributed by atoms with Gasteiger partial charge in [0.05, 0.1) is 0 Å². The van der Waals surface area contributed by atoms with E-state index >= 15 is 0 Å². The first-order valence-corrected chi connectivity index (χ1v) is 7.54. The lowest BCUT2D eigenvalue weighted by Crippen LogP contribution is -2.28. The molecule has 0 radical (unpaired) electrons. The van der Waals surface area contributed by atoms with Gasteiger partial charge in [0.25, 0.3) is 0 Å². The maximum Gasteiger partial charge on any atom is 0.163 e. The molecule has 0 saturated heterocycles. The Morgan fingerprint density at radius 2 is 1.71 bits per heavy atom. The summed E-state index contributed by atoms with van der Waals surface area (Å²) in [7, 11) is 0. The number of unbranched alkanes of at least 4 members (excludes halogenated alkanes) is 4. The highest BCUT2D eigenvalue weighted by atomic mass is 16.5. The van der Waals surface area contributed by atoms with E-state index in [1.54, 1.807) is 0 Å². The van der Waals surface area contributed by atoms with Crippen LogP contribution in [-0.4, -0.2) is 16.5 Å². The van der Waals surface area contributed by atoms with Crippen LogP contribution in [0.15, 0.2) is 0 Å². The summed E-state index contributed by atoms with van der Waals surface area (Å²) < 4.78 is 1.33. The second kappa shape index (κ2) is 8.54. The van der Waals surface area contributed by atoms with Crippen molar-refractivity contribution in [1.29, 1.82) is 0 Å². The van der Waals surface area contributed by atoms with Gasteiger partial charge in [-0.05, 0) is 19.3 Å². The second-order valence-corrected chi connectivity index (χ2v) is 5.52. The van der Waals surface area contributed by atoms with Gasteiger partial charge in [-0.1, -0.05) is 39.0 Å². The van der Waals surface area contributed by atoms with E-state index in [0.717, 1.165) is 25.0 Å². The average Bonchev–Trinajstić information content (AvgIpc) is 2.38. The van der Waals surface area contributed by atoms with Crippen molar-refractivity contribution in [1.82, 2.24) is 0 Å². The zero-order valence-electron chi connectivity index (χ0n) is 11.7. The molecule has 0 heterocycles. The third kappa shape index (κ3) is 5.56. The van der Waals surface area contributed by atoms with Gasteiger partial charge in [0, 0.05) is 26.2 Å². The Balaban J connectivity index is 2.24. The van der Waals surface area contributed by atoms with Crippen molar-refractivity contribution in [3.8, 4) is 0 Å². The molecule has 2 nitrogen and oxygen atoms in total. The molecule has 0 spiro atoms. The summed E-state index contributed by atoms with van der Waals surface area (Å²) in [5.74, 6) is 0. The first-order valence-electron chi connectivity index (χ1n) is 7.54. The molecule has 1 rings (SSSR count). The molecule has 1 aliphatic carbocycles. The molecule has 1 saturated carbocycles. The van der Waals surface area contributed by atoms with E-state index in [4.69, 9.17) is 0 Å². The molecule has 0 aromatic rings. The highest BCUT2D eigenvalue weighted by Gasteiger charge is 2.21. The van der Waals surface area contributed by atoms with Gasteiger partial charge in [-0.25, -0.2) is 4.74 Å². The smallest absolute Gasteiger partial charge is 0.163 e. The van der Waals surface area contributed by atoms with E-state index in [0.29, 0.717) is 6.04 Å². The summed E-state index contributed by atoms with van der Waals surface area (Å²) in [6, 6.07) is 0.291. The summed E-state index contributed by atoms with van der Waals surface area (Å²) in [5.41, 5.74) is 1.06. The zero-order valence-corrected chi connectivity index (χ0v) is 11.7. The minimum absolute atomic E-state index is 0.291. The first-order chi connectivity index (χ1) is 8.25. The zero-order chi connectivity index (χ0) is 12.5. The van der Waals surface area contributed by atoms with Crippen LogP contribution in [0.2, 0.25) is 0 Å². The lowest BCUT2D eigenvalue weighted by atomic mass is 9.95. The van der Waals surface area contributed by atoms with Gasteiger partial charge in [-0.15, -0.1) is 0 Å². The molecular weight excluding hydrogens is 210 g/mol. The molecule has 1 fully saturated rings. The molecule has 0 N–H and O–H groups in total. The van der Waals surface area contributed by atoms with E-state index in [1.807, 2.05) is 6.92 Å². The van der Waals surface area contributed by atoms with Gasteiger partial charge in [0.2, 0.25) is 0 Å². The van der Waals surface area contributed by atoms with Gasteiger partial charge in [-0.2, -0.15) is 0 Å². The Kier molecular flexibility index (Phi) is 7.30. The minimum atomic E-state index is 0.291. The lowest BCUT2D eigenvalue weighted by Gasteiger charge is -2.22. The van der Waals surface area contributed by atoms with Crippen molar-refractivity contribution in [3.05, 3.63) is 5.21 Å². The molecule has 2 heteroatoms. The minimum Gasteiger partial charge on any atom is -0.624 e. The van der Waals surface area contributed by atoms with Crippen molar-refractivity contribution in [2.24, 2.45) is 0 Å². The van der Waals surface area contributed by atoms with E-state index in [2.05, 4.69) is 6.92 Å². The number of hydrogen-bond acceptors (Lipinski definition) is 1. The third-order valence-electron chi connectivity index (χ3n) is 3.92. The fraction of sp³-hybridized carbons (Fsp3) is 0.933. The summed E-state index contributed by atoms with van der Waals surface area (Å²) in [5, 5.41) is 12.1. The van der Waals surface area contributed by atoms with Crippen LogP contribution in [0, 0.1) is 5.21 Å². The van der Waals surface area contributed by atoms with Crippen LogP contribution < -0.4 is 0 Å². The Labute approximate surface area is 107 Å². The second-order valence-electron chi connectivity index (χ2n) is 5.52. The number of hydrogen-bond donors (Lipinski definition) is 0. The highest BCUT2D eigenvalue weighted by Crippen LogP contribution is 2.20. The van der Waals surface area contributed by atoms with E-state index in [1.165, 1.54) is 56.1 Å². The topological polar surface area (TPSA) is 26.1 Å². The van der Waals surface area contributed by atoms with Crippen LogP contribution in [0.25, 0.3) is 0 Å². The van der Waals surface area contributed by atoms with Gasteiger partial charge in [-0.3, -0.25) is 0 Å². The molecule has 0 atom stereocenters. The Morgan fingerprint density at radius 1 is 1.06 bits per heavy atom. The fourth-order valence-electron chi connectivity index (χ4n) is 2.72. The molecule has 0 bridgehead atoms. The number of rotatable bonds is 7. The molecular formula is C15H29NO. The van der Waals surface area contributed by atoms with Crippen LogP contribution in [0.5, 0.6) is 0 Å². The summed E-state index contributed by atoms with van der Waals surface area (Å²) in [4.78, 5) is 0. The molecule has 100 valence electrons. The SMILES string of the molecule is CCCCCCC/C(C)=[N+](\[O-])C1CCCCC1. The number of hydroxylamine groups is 1. The van der Waals surface area contributed by atoms with Gasteiger partial charge in [0.15, 0.2) is 11.8 Å². The monoisotopic (exact) mass is 239 g/mol. The van der Waals surface area contributed by atoms with Crippen LogP contribution in [0.4, 0.5) is 0 Å². The van der Waals surface area contributed by atoms with Crippen LogP contribution in [0.3, 0.4) is 0 Å². The fourth-order valence-corrected chi connectivity index (χ4v) is 2.72. The molecule has 17 heavy (non-hydrogen) atoms. The maximum atomic E-state index is 12.1. The van der Waals surface area contributed by atoms with Crippen LogP contribution in [0.1, 0.15) is 84.5 Å². The van der Waals surface area contributed by atoms with E-state index in [9.17, 15) is 5.21 Å². The summed E-state index contributed by atoms with van der Waals surface area (Å²) in [6.45, 7) is 4.27. The normalized spacial score (nSPS) is 19.2. The van der Waals surface area contributed by atoms with Crippen molar-refractivity contribution >= 4 is 5.71 Å². The van der Waals surface area contributed by atoms with Gasteiger partial charge in [0.1, 0.15) is 0 Å². The highest BCUT2D eigenvalue weighted by molar-refractivity contribution is 5.77. The number of nitrogens with zero attached hydrogens (tertiary/aromatic N) is 1. The average molecular weight is 239 g/mol. The van der Waals surface area contributed by atoms with E-state index < -0.39 is 0 Å².